The number of aliphatic hydroxyl groups excluding tert-OH is 1. The Labute approximate surface area is 130 Å². The molecule has 0 aliphatic carbocycles. The van der Waals surface area contributed by atoms with Crippen LogP contribution < -0.4 is 4.74 Å². The van der Waals surface area contributed by atoms with Gasteiger partial charge in [0.05, 0.1) is 12.6 Å². The van der Waals surface area contributed by atoms with Crippen LogP contribution >= 0.6 is 0 Å². The summed E-state index contributed by atoms with van der Waals surface area (Å²) in [5, 5.41) is 17.4. The number of benzene rings is 1. The molecular formula is C16H22N4O2. The summed E-state index contributed by atoms with van der Waals surface area (Å²) in [7, 11) is 0. The molecule has 1 N–H and O–H groups in total. The van der Waals surface area contributed by atoms with Gasteiger partial charge in [-0.15, -0.1) is 10.2 Å². The molecule has 0 saturated heterocycles. The van der Waals surface area contributed by atoms with Crippen molar-refractivity contribution >= 4 is 0 Å². The van der Waals surface area contributed by atoms with Crippen molar-refractivity contribution < 1.29 is 9.84 Å². The number of aromatic nitrogens is 3. The summed E-state index contributed by atoms with van der Waals surface area (Å²) in [4.78, 5) is 2.33. The average molecular weight is 302 g/mol. The normalized spacial score (nSPS) is 15.1. The Morgan fingerprint density at radius 2 is 2.14 bits per heavy atom. The Hall–Kier alpha value is -1.92. The highest BCUT2D eigenvalue weighted by Gasteiger charge is 2.20. The number of hydrogen-bond acceptors (Lipinski definition) is 5. The smallest absolute Gasteiger partial charge is 0.158 e. The van der Waals surface area contributed by atoms with Crippen LogP contribution in [0.1, 0.15) is 31.1 Å². The zero-order chi connectivity index (χ0) is 15.5. The van der Waals surface area contributed by atoms with E-state index in [4.69, 9.17) is 4.74 Å². The van der Waals surface area contributed by atoms with Gasteiger partial charge in [0, 0.05) is 19.6 Å². The van der Waals surface area contributed by atoms with Gasteiger partial charge in [-0.3, -0.25) is 4.90 Å². The van der Waals surface area contributed by atoms with Gasteiger partial charge in [-0.2, -0.15) is 0 Å². The number of fused-ring (bicyclic) bond motifs is 1. The summed E-state index contributed by atoms with van der Waals surface area (Å²) in [6.07, 6.45) is 0.181. The third kappa shape index (κ3) is 3.28. The first-order valence-corrected chi connectivity index (χ1v) is 7.65. The highest BCUT2D eigenvalue weighted by molar-refractivity contribution is 5.28. The molecule has 1 aromatic heterocycles. The number of hydrogen-bond donors (Lipinski definition) is 1. The van der Waals surface area contributed by atoms with Gasteiger partial charge in [0.1, 0.15) is 18.2 Å². The first kappa shape index (κ1) is 15.0. The molecule has 2 aromatic rings. The fourth-order valence-corrected chi connectivity index (χ4v) is 2.77. The quantitative estimate of drug-likeness (QED) is 0.908. The Balaban J connectivity index is 1.67. The van der Waals surface area contributed by atoms with E-state index in [0.29, 0.717) is 5.82 Å². The van der Waals surface area contributed by atoms with Crippen molar-refractivity contribution in [3.8, 4) is 5.75 Å². The maximum absolute atomic E-state index is 9.24. The van der Waals surface area contributed by atoms with Gasteiger partial charge in [-0.1, -0.05) is 12.1 Å². The van der Waals surface area contributed by atoms with E-state index >= 15 is 0 Å². The number of rotatable bonds is 5. The van der Waals surface area contributed by atoms with E-state index in [2.05, 4.69) is 27.2 Å². The van der Waals surface area contributed by atoms with Crippen LogP contribution in [0.25, 0.3) is 0 Å². The van der Waals surface area contributed by atoms with E-state index in [1.165, 1.54) is 5.56 Å². The zero-order valence-electron chi connectivity index (χ0n) is 13.1. The minimum absolute atomic E-state index is 0.0540. The maximum Gasteiger partial charge on any atom is 0.158 e. The first-order chi connectivity index (χ1) is 10.7. The molecule has 6 heteroatoms. The predicted octanol–water partition coefficient (Wildman–Crippen LogP) is 1.57. The molecule has 1 aliphatic heterocycles. The fraction of sp³-hybridized carbons (Fsp3) is 0.500. The summed E-state index contributed by atoms with van der Waals surface area (Å²) >= 11 is 0. The monoisotopic (exact) mass is 302 g/mol. The molecule has 0 radical (unpaired) electrons. The molecule has 0 saturated carbocycles. The van der Waals surface area contributed by atoms with Crippen LogP contribution in [0.15, 0.2) is 24.3 Å². The molecule has 3 rings (SSSR count). The molecule has 6 nitrogen and oxygen atoms in total. The molecule has 0 bridgehead atoms. The van der Waals surface area contributed by atoms with Gasteiger partial charge in [0.15, 0.2) is 5.82 Å². The summed E-state index contributed by atoms with van der Waals surface area (Å²) in [5.74, 6) is 2.49. The fourth-order valence-electron chi connectivity index (χ4n) is 2.77. The van der Waals surface area contributed by atoms with Crippen molar-refractivity contribution in [3.05, 3.63) is 41.5 Å². The molecule has 118 valence electrons. The van der Waals surface area contributed by atoms with Crippen LogP contribution in [0.2, 0.25) is 0 Å². The van der Waals surface area contributed by atoms with Crippen molar-refractivity contribution in [2.24, 2.45) is 0 Å². The molecule has 1 aromatic carbocycles. The average Bonchev–Trinajstić information content (AvgIpc) is 2.89. The highest BCUT2D eigenvalue weighted by Crippen LogP contribution is 2.19. The number of nitrogens with zero attached hydrogens (tertiary/aromatic N) is 4. The second-order valence-electron chi connectivity index (χ2n) is 5.87. The lowest BCUT2D eigenvalue weighted by Crippen LogP contribution is -2.34. The lowest BCUT2D eigenvalue weighted by atomic mass is 10.2. The van der Waals surface area contributed by atoms with Crippen LogP contribution in [0.3, 0.4) is 0 Å². The summed E-state index contributed by atoms with van der Waals surface area (Å²) in [6.45, 7) is 7.36. The van der Waals surface area contributed by atoms with E-state index < -0.39 is 0 Å². The van der Waals surface area contributed by atoms with Crippen LogP contribution in [-0.4, -0.2) is 37.4 Å². The topological polar surface area (TPSA) is 63.4 Å². The second-order valence-corrected chi connectivity index (χ2v) is 5.87. The second kappa shape index (κ2) is 6.46. The van der Waals surface area contributed by atoms with Crippen LogP contribution in [-0.2, 0) is 26.2 Å². The van der Waals surface area contributed by atoms with Gasteiger partial charge in [0.25, 0.3) is 0 Å². The molecule has 1 aliphatic rings. The first-order valence-electron chi connectivity index (χ1n) is 7.65. The van der Waals surface area contributed by atoms with Gasteiger partial charge < -0.3 is 14.4 Å². The standard InChI is InChI=1S/C16H22N4O2/c1-12(2)22-14-5-3-4-13(8-14)9-19-6-7-20-15(10-19)17-18-16(20)11-21/h3-5,8,12,21H,6-7,9-11H2,1-2H3. The van der Waals surface area contributed by atoms with Gasteiger partial charge in [-0.05, 0) is 31.5 Å². The Morgan fingerprint density at radius 3 is 2.91 bits per heavy atom. The van der Waals surface area contributed by atoms with Gasteiger partial charge in [-0.25, -0.2) is 0 Å². The van der Waals surface area contributed by atoms with Crippen LogP contribution in [0.4, 0.5) is 0 Å². The Bertz CT molecular complexity index is 639. The Kier molecular flexibility index (Phi) is 4.40. The molecule has 0 fully saturated rings. The SMILES string of the molecule is CC(C)Oc1cccc(CN2CCn3c(CO)nnc3C2)c1. The van der Waals surface area contributed by atoms with Crippen molar-refractivity contribution in [1.29, 1.82) is 0 Å². The molecule has 0 atom stereocenters. The third-order valence-electron chi connectivity index (χ3n) is 3.73. The lowest BCUT2D eigenvalue weighted by molar-refractivity contribution is 0.198. The minimum atomic E-state index is -0.0540. The maximum atomic E-state index is 9.24. The molecule has 0 spiro atoms. The predicted molar refractivity (Wildman–Crippen MR) is 82.3 cm³/mol. The van der Waals surface area contributed by atoms with E-state index in [1.54, 1.807) is 0 Å². The van der Waals surface area contributed by atoms with Crippen molar-refractivity contribution in [2.45, 2.75) is 46.2 Å². The van der Waals surface area contributed by atoms with E-state index in [0.717, 1.165) is 37.8 Å². The number of ether oxygens (including phenoxy) is 1. The molecular weight excluding hydrogens is 280 g/mol. The molecule has 0 amide bonds. The molecule has 22 heavy (non-hydrogen) atoms. The summed E-state index contributed by atoms with van der Waals surface area (Å²) < 4.78 is 7.75. The minimum Gasteiger partial charge on any atom is -0.491 e. The van der Waals surface area contributed by atoms with Gasteiger partial charge in [0.2, 0.25) is 0 Å². The van der Waals surface area contributed by atoms with Crippen molar-refractivity contribution in [1.82, 2.24) is 19.7 Å². The Morgan fingerprint density at radius 1 is 1.27 bits per heavy atom. The zero-order valence-corrected chi connectivity index (χ0v) is 13.1. The molecule has 2 heterocycles. The van der Waals surface area contributed by atoms with Crippen molar-refractivity contribution in [2.75, 3.05) is 6.54 Å². The third-order valence-corrected chi connectivity index (χ3v) is 3.73. The number of aliphatic hydroxyl groups is 1. The van der Waals surface area contributed by atoms with E-state index in [1.807, 2.05) is 30.5 Å². The largest absolute Gasteiger partial charge is 0.491 e. The van der Waals surface area contributed by atoms with Crippen molar-refractivity contribution in [3.63, 3.8) is 0 Å². The van der Waals surface area contributed by atoms with E-state index in [-0.39, 0.29) is 12.7 Å². The van der Waals surface area contributed by atoms with Gasteiger partial charge >= 0.3 is 0 Å². The summed E-state index contributed by atoms with van der Waals surface area (Å²) in [6, 6.07) is 8.23. The lowest BCUT2D eigenvalue weighted by Gasteiger charge is -2.27. The highest BCUT2D eigenvalue weighted by atomic mass is 16.5. The molecule has 0 unspecified atom stereocenters. The van der Waals surface area contributed by atoms with Crippen LogP contribution in [0, 0.1) is 0 Å². The van der Waals surface area contributed by atoms with E-state index in [9.17, 15) is 5.11 Å². The summed E-state index contributed by atoms with van der Waals surface area (Å²) in [5.41, 5.74) is 1.23. The van der Waals surface area contributed by atoms with Crippen LogP contribution in [0.5, 0.6) is 5.75 Å².